The van der Waals surface area contributed by atoms with Crippen LogP contribution in [0.2, 0.25) is 0 Å². The molecule has 0 radical (unpaired) electrons. The molecule has 2 N–H and O–H groups in total. The zero-order valence-corrected chi connectivity index (χ0v) is 16.5. The molecule has 0 aromatic heterocycles. The Morgan fingerprint density at radius 1 is 1.13 bits per heavy atom. The molecule has 0 aliphatic carbocycles. The van der Waals surface area contributed by atoms with Crippen LogP contribution in [0.3, 0.4) is 0 Å². The average molecular weight is 421 g/mol. The summed E-state index contributed by atoms with van der Waals surface area (Å²) in [5, 5.41) is 4.75. The van der Waals surface area contributed by atoms with Crippen molar-refractivity contribution in [2.75, 3.05) is 32.6 Å². The zero-order valence-electron chi connectivity index (χ0n) is 16.5. The van der Waals surface area contributed by atoms with Crippen LogP contribution in [0.5, 0.6) is 5.75 Å². The lowest BCUT2D eigenvalue weighted by Crippen LogP contribution is -2.40. The van der Waals surface area contributed by atoms with E-state index in [2.05, 4.69) is 10.6 Å². The largest absolute Gasteiger partial charge is 0.493 e. The van der Waals surface area contributed by atoms with Crippen LogP contribution in [0.15, 0.2) is 42.5 Å². The van der Waals surface area contributed by atoms with Gasteiger partial charge in [0.2, 0.25) is 0 Å². The van der Waals surface area contributed by atoms with E-state index in [0.29, 0.717) is 6.61 Å². The Balaban J connectivity index is 1.62. The van der Waals surface area contributed by atoms with E-state index in [1.165, 1.54) is 6.07 Å². The molecule has 1 heterocycles. The fourth-order valence-electron chi connectivity index (χ4n) is 3.24. The number of alkyl halides is 3. The Hall–Kier alpha value is -3.07. The Bertz CT molecular complexity index is 945. The molecular weight excluding hydrogens is 399 g/mol. The maximum atomic E-state index is 12.8. The van der Waals surface area contributed by atoms with Gasteiger partial charge in [-0.3, -0.25) is 9.59 Å². The highest BCUT2D eigenvalue weighted by molar-refractivity contribution is 6.39. The van der Waals surface area contributed by atoms with Gasteiger partial charge in [-0.1, -0.05) is 18.2 Å². The first-order valence-corrected chi connectivity index (χ1v) is 9.33. The number of carbonyl (C=O) groups excluding carboxylic acids is 2. The first-order chi connectivity index (χ1) is 14.1. The number of amides is 2. The van der Waals surface area contributed by atoms with Gasteiger partial charge in [0.25, 0.3) is 0 Å². The molecule has 1 aliphatic rings. The second kappa shape index (κ2) is 8.74. The third-order valence-electron chi connectivity index (χ3n) is 4.83. The maximum Gasteiger partial charge on any atom is 0.416 e. The molecule has 2 amide bonds. The summed E-state index contributed by atoms with van der Waals surface area (Å²) in [6.07, 6.45) is -3.72. The summed E-state index contributed by atoms with van der Waals surface area (Å²) in [7, 11) is 3.70. The van der Waals surface area contributed by atoms with Crippen molar-refractivity contribution in [2.24, 2.45) is 0 Å². The van der Waals surface area contributed by atoms with Crippen molar-refractivity contribution in [1.29, 1.82) is 0 Å². The molecule has 160 valence electrons. The van der Waals surface area contributed by atoms with Crippen LogP contribution < -0.4 is 15.4 Å². The van der Waals surface area contributed by atoms with Gasteiger partial charge in [0.15, 0.2) is 0 Å². The minimum Gasteiger partial charge on any atom is -0.493 e. The number of likely N-dealkylation sites (N-methyl/N-ethyl adjacent to an activating group) is 1. The number of fused-ring (bicyclic) bond motifs is 1. The highest BCUT2D eigenvalue weighted by Crippen LogP contribution is 2.31. The van der Waals surface area contributed by atoms with Gasteiger partial charge >= 0.3 is 18.0 Å². The van der Waals surface area contributed by atoms with E-state index in [1.54, 1.807) is 0 Å². The number of hydrogen-bond donors (Lipinski definition) is 2. The van der Waals surface area contributed by atoms with E-state index in [4.69, 9.17) is 4.74 Å². The summed E-state index contributed by atoms with van der Waals surface area (Å²) < 4.78 is 43.9. The summed E-state index contributed by atoms with van der Waals surface area (Å²) in [4.78, 5) is 26.2. The van der Waals surface area contributed by atoms with Gasteiger partial charge in [-0.05, 0) is 49.5 Å². The summed E-state index contributed by atoms with van der Waals surface area (Å²) >= 11 is 0. The molecule has 0 unspecified atom stereocenters. The summed E-state index contributed by atoms with van der Waals surface area (Å²) in [6, 6.07) is 9.73. The fourth-order valence-corrected chi connectivity index (χ4v) is 3.24. The lowest BCUT2D eigenvalue weighted by Gasteiger charge is -2.25. The number of ether oxygens (including phenoxy) is 1. The molecule has 30 heavy (non-hydrogen) atoms. The Labute approximate surface area is 172 Å². The van der Waals surface area contributed by atoms with Crippen molar-refractivity contribution in [3.05, 3.63) is 59.2 Å². The minimum atomic E-state index is -4.54. The number of hydrogen-bond acceptors (Lipinski definition) is 4. The van der Waals surface area contributed by atoms with E-state index in [-0.39, 0.29) is 18.3 Å². The first kappa shape index (κ1) is 21.6. The predicted molar refractivity (Wildman–Crippen MR) is 105 cm³/mol. The number of halogens is 3. The minimum absolute atomic E-state index is 0.104. The molecule has 3 rings (SSSR count). The lowest BCUT2D eigenvalue weighted by atomic mass is 10.0. The number of carbonyl (C=O) groups is 2. The summed E-state index contributed by atoms with van der Waals surface area (Å²) in [5.41, 5.74) is 1.04. The van der Waals surface area contributed by atoms with Gasteiger partial charge in [-0.15, -0.1) is 0 Å². The van der Waals surface area contributed by atoms with E-state index in [1.807, 2.05) is 37.2 Å². The third kappa shape index (κ3) is 5.10. The molecule has 0 saturated carbocycles. The van der Waals surface area contributed by atoms with E-state index in [9.17, 15) is 22.8 Å². The number of anilines is 1. The molecule has 1 aliphatic heterocycles. The van der Waals surface area contributed by atoms with Crippen molar-refractivity contribution in [3.63, 3.8) is 0 Å². The zero-order chi connectivity index (χ0) is 21.9. The van der Waals surface area contributed by atoms with Gasteiger partial charge in [0.05, 0.1) is 18.2 Å². The van der Waals surface area contributed by atoms with Gasteiger partial charge in [-0.25, -0.2) is 0 Å². The Morgan fingerprint density at radius 2 is 1.90 bits per heavy atom. The lowest BCUT2D eigenvalue weighted by molar-refractivity contribution is -0.137. The van der Waals surface area contributed by atoms with Crippen LogP contribution in [0.25, 0.3) is 0 Å². The van der Waals surface area contributed by atoms with Gasteiger partial charge < -0.3 is 20.3 Å². The van der Waals surface area contributed by atoms with Crippen LogP contribution in [0.4, 0.5) is 18.9 Å². The molecule has 0 fully saturated rings. The van der Waals surface area contributed by atoms with Crippen molar-refractivity contribution >= 4 is 17.5 Å². The van der Waals surface area contributed by atoms with E-state index in [0.717, 1.165) is 41.5 Å². The number of rotatable bonds is 5. The number of nitrogens with zero attached hydrogens (tertiary/aromatic N) is 1. The predicted octanol–water partition coefficient (Wildman–Crippen LogP) is 3.00. The highest BCUT2D eigenvalue weighted by Gasteiger charge is 2.30. The topological polar surface area (TPSA) is 70.7 Å². The standard InChI is InChI=1S/C21H22F3N3O3/c1-27(2)17(13-6-7-18-14(10-13)8-9-30-18)12-25-19(28)20(29)26-16-5-3-4-15(11-16)21(22,23)24/h3-7,10-11,17H,8-9,12H2,1-2H3,(H,25,28)(H,26,29)/t17-/m0/s1. The van der Waals surface area contributed by atoms with E-state index >= 15 is 0 Å². The third-order valence-corrected chi connectivity index (χ3v) is 4.83. The quantitative estimate of drug-likeness (QED) is 0.729. The molecular formula is C21H22F3N3O3. The number of nitrogens with one attached hydrogen (secondary N) is 2. The highest BCUT2D eigenvalue weighted by atomic mass is 19.4. The Morgan fingerprint density at radius 3 is 2.60 bits per heavy atom. The Kier molecular flexibility index (Phi) is 6.31. The molecule has 1 atom stereocenters. The number of benzene rings is 2. The molecule has 0 spiro atoms. The first-order valence-electron chi connectivity index (χ1n) is 9.33. The molecule has 0 bridgehead atoms. The second-order valence-electron chi connectivity index (χ2n) is 7.19. The normalized spacial score (nSPS) is 14.1. The van der Waals surface area contributed by atoms with Crippen LogP contribution in [0.1, 0.15) is 22.7 Å². The van der Waals surface area contributed by atoms with Crippen molar-refractivity contribution in [2.45, 2.75) is 18.6 Å². The molecule has 2 aromatic carbocycles. The van der Waals surface area contributed by atoms with Crippen LogP contribution >= 0.6 is 0 Å². The molecule has 6 nitrogen and oxygen atoms in total. The summed E-state index contributed by atoms with van der Waals surface area (Å²) in [5.74, 6) is -1.11. The van der Waals surface area contributed by atoms with Crippen LogP contribution in [-0.2, 0) is 22.2 Å². The fraction of sp³-hybridized carbons (Fsp3) is 0.333. The monoisotopic (exact) mass is 421 g/mol. The van der Waals surface area contributed by atoms with Crippen LogP contribution in [-0.4, -0.2) is 44.0 Å². The molecule has 2 aromatic rings. The summed E-state index contributed by atoms with van der Waals surface area (Å²) in [6.45, 7) is 0.791. The van der Waals surface area contributed by atoms with Crippen molar-refractivity contribution in [3.8, 4) is 5.75 Å². The molecule has 0 saturated heterocycles. The maximum absolute atomic E-state index is 12.8. The van der Waals surface area contributed by atoms with Crippen molar-refractivity contribution in [1.82, 2.24) is 10.2 Å². The van der Waals surface area contributed by atoms with Gasteiger partial charge in [0, 0.05) is 18.7 Å². The van der Waals surface area contributed by atoms with Gasteiger partial charge in [0.1, 0.15) is 5.75 Å². The SMILES string of the molecule is CN(C)[C@@H](CNC(=O)C(=O)Nc1cccc(C(F)(F)F)c1)c1ccc2c(c1)CCO2. The molecule has 9 heteroatoms. The smallest absolute Gasteiger partial charge is 0.416 e. The average Bonchev–Trinajstić information content (AvgIpc) is 3.15. The van der Waals surface area contributed by atoms with Crippen LogP contribution in [0, 0.1) is 0 Å². The van der Waals surface area contributed by atoms with Gasteiger partial charge in [-0.2, -0.15) is 13.2 Å². The second-order valence-corrected chi connectivity index (χ2v) is 7.19. The van der Waals surface area contributed by atoms with E-state index < -0.39 is 23.6 Å². The van der Waals surface area contributed by atoms with Crippen molar-refractivity contribution < 1.29 is 27.5 Å².